The molecule has 0 aromatic heterocycles. The van der Waals surface area contributed by atoms with Crippen molar-refractivity contribution in [1.82, 2.24) is 5.32 Å². The molecule has 2 aliphatic rings. The van der Waals surface area contributed by atoms with Gasteiger partial charge < -0.3 is 10.1 Å². The van der Waals surface area contributed by atoms with E-state index in [1.807, 2.05) is 0 Å². The number of methoxy groups -OCH3 is 1. The van der Waals surface area contributed by atoms with E-state index in [4.69, 9.17) is 0 Å². The highest BCUT2D eigenvalue weighted by Gasteiger charge is 2.69. The van der Waals surface area contributed by atoms with E-state index in [-0.39, 0.29) is 18.8 Å². The van der Waals surface area contributed by atoms with Crippen LogP contribution in [0.3, 0.4) is 0 Å². The Labute approximate surface area is 86.9 Å². The summed E-state index contributed by atoms with van der Waals surface area (Å²) in [6, 6.07) is 0. The number of halogens is 1. The van der Waals surface area contributed by atoms with Gasteiger partial charge in [-0.2, -0.15) is 0 Å². The van der Waals surface area contributed by atoms with Crippen molar-refractivity contribution in [2.75, 3.05) is 31.7 Å². The van der Waals surface area contributed by atoms with Crippen molar-refractivity contribution in [2.24, 2.45) is 5.41 Å². The first-order valence-electron chi connectivity index (χ1n) is 4.54. The SMILES string of the molecule is COC(=O)C1(F)CS(=O)(=O)CC12CNC2. The van der Waals surface area contributed by atoms with Gasteiger partial charge in [0.2, 0.25) is 5.67 Å². The van der Waals surface area contributed by atoms with Gasteiger partial charge in [0.25, 0.3) is 0 Å². The Hall–Kier alpha value is -0.690. The lowest BCUT2D eigenvalue weighted by atomic mass is 9.71. The van der Waals surface area contributed by atoms with Gasteiger partial charge in [0.05, 0.1) is 24.0 Å². The minimum Gasteiger partial charge on any atom is -0.467 e. The summed E-state index contributed by atoms with van der Waals surface area (Å²) in [5, 5.41) is 2.80. The third-order valence-corrected chi connectivity index (χ3v) is 5.02. The van der Waals surface area contributed by atoms with Crippen molar-refractivity contribution in [3.8, 4) is 0 Å². The molecule has 0 amide bonds. The van der Waals surface area contributed by atoms with Crippen LogP contribution in [0.1, 0.15) is 0 Å². The van der Waals surface area contributed by atoms with Crippen LogP contribution in [0.25, 0.3) is 0 Å². The van der Waals surface area contributed by atoms with Crippen LogP contribution in [-0.4, -0.2) is 51.8 Å². The number of ether oxygens (including phenoxy) is 1. The molecule has 5 nitrogen and oxygen atoms in total. The van der Waals surface area contributed by atoms with Crippen LogP contribution in [0.15, 0.2) is 0 Å². The summed E-state index contributed by atoms with van der Waals surface area (Å²) in [5.41, 5.74) is -3.50. The molecule has 0 bridgehead atoms. The van der Waals surface area contributed by atoms with Gasteiger partial charge in [-0.1, -0.05) is 0 Å². The summed E-state index contributed by atoms with van der Waals surface area (Å²) >= 11 is 0. The van der Waals surface area contributed by atoms with Crippen molar-refractivity contribution in [2.45, 2.75) is 5.67 Å². The van der Waals surface area contributed by atoms with E-state index in [0.29, 0.717) is 0 Å². The highest BCUT2D eigenvalue weighted by atomic mass is 32.2. The van der Waals surface area contributed by atoms with Crippen molar-refractivity contribution in [3.63, 3.8) is 0 Å². The van der Waals surface area contributed by atoms with Crippen molar-refractivity contribution in [1.29, 1.82) is 0 Å². The number of sulfone groups is 1. The average Bonchev–Trinajstić information content (AvgIpc) is 2.31. The predicted molar refractivity (Wildman–Crippen MR) is 49.8 cm³/mol. The van der Waals surface area contributed by atoms with Gasteiger partial charge in [0.15, 0.2) is 9.84 Å². The molecular weight excluding hydrogens is 225 g/mol. The minimum absolute atomic E-state index is 0.206. The van der Waals surface area contributed by atoms with Crippen molar-refractivity contribution in [3.05, 3.63) is 0 Å². The van der Waals surface area contributed by atoms with E-state index < -0.39 is 32.6 Å². The monoisotopic (exact) mass is 237 g/mol. The summed E-state index contributed by atoms with van der Waals surface area (Å²) in [7, 11) is -2.43. The number of esters is 1. The number of rotatable bonds is 1. The van der Waals surface area contributed by atoms with Crippen LogP contribution in [0.2, 0.25) is 0 Å². The second-order valence-corrected chi connectivity index (χ2v) is 6.27. The largest absolute Gasteiger partial charge is 0.467 e. The number of nitrogens with one attached hydrogen (secondary N) is 1. The fourth-order valence-corrected chi connectivity index (χ4v) is 4.70. The normalized spacial score (nSPS) is 36.1. The van der Waals surface area contributed by atoms with E-state index in [2.05, 4.69) is 10.1 Å². The Morgan fingerprint density at radius 1 is 1.40 bits per heavy atom. The molecule has 2 rings (SSSR count). The standard InChI is InChI=1S/C8H12FNO4S/c1-14-6(11)8(9)5-15(12,13)4-7(8)2-10-3-7/h10H,2-5H2,1H3. The number of alkyl halides is 1. The first-order valence-corrected chi connectivity index (χ1v) is 6.36. The zero-order valence-electron chi connectivity index (χ0n) is 8.25. The molecule has 0 radical (unpaired) electrons. The van der Waals surface area contributed by atoms with E-state index in [1.54, 1.807) is 0 Å². The van der Waals surface area contributed by atoms with Gasteiger partial charge in [0, 0.05) is 13.1 Å². The molecule has 15 heavy (non-hydrogen) atoms. The Kier molecular flexibility index (Phi) is 2.10. The fraction of sp³-hybridized carbons (Fsp3) is 0.875. The zero-order chi connectivity index (χ0) is 11.3. The van der Waals surface area contributed by atoms with E-state index in [9.17, 15) is 17.6 Å². The maximum absolute atomic E-state index is 14.4. The molecule has 0 aromatic rings. The van der Waals surface area contributed by atoms with Gasteiger partial charge in [-0.3, -0.25) is 0 Å². The van der Waals surface area contributed by atoms with Gasteiger partial charge in [-0.05, 0) is 0 Å². The topological polar surface area (TPSA) is 72.5 Å². The fourth-order valence-electron chi connectivity index (χ4n) is 2.29. The third kappa shape index (κ3) is 1.29. The molecule has 0 aliphatic carbocycles. The van der Waals surface area contributed by atoms with Gasteiger partial charge >= 0.3 is 5.97 Å². The lowest BCUT2D eigenvalue weighted by Crippen LogP contribution is -2.66. The smallest absolute Gasteiger partial charge is 0.345 e. The molecule has 2 fully saturated rings. The molecule has 0 aromatic carbocycles. The van der Waals surface area contributed by atoms with Crippen LogP contribution < -0.4 is 5.32 Å². The number of hydrogen-bond acceptors (Lipinski definition) is 5. The summed E-state index contributed by atoms with van der Waals surface area (Å²) in [5.74, 6) is -2.11. The molecule has 2 saturated heterocycles. The minimum atomic E-state index is -3.49. The highest BCUT2D eigenvalue weighted by Crippen LogP contribution is 2.47. The summed E-state index contributed by atoms with van der Waals surface area (Å²) in [6.45, 7) is 0.412. The van der Waals surface area contributed by atoms with Crippen molar-refractivity contribution < 1.29 is 22.3 Å². The Bertz CT molecular complexity index is 403. The number of hydrogen-bond donors (Lipinski definition) is 1. The maximum atomic E-state index is 14.4. The second-order valence-electron chi connectivity index (χ2n) is 4.21. The van der Waals surface area contributed by atoms with Gasteiger partial charge in [0.1, 0.15) is 0 Å². The second kappa shape index (κ2) is 2.91. The molecule has 2 aliphatic heterocycles. The maximum Gasteiger partial charge on any atom is 0.345 e. The summed E-state index contributed by atoms with van der Waals surface area (Å²) in [4.78, 5) is 11.3. The zero-order valence-corrected chi connectivity index (χ0v) is 9.06. The lowest BCUT2D eigenvalue weighted by Gasteiger charge is -2.44. The highest BCUT2D eigenvalue weighted by molar-refractivity contribution is 7.91. The molecular formula is C8H12FNO4S. The van der Waals surface area contributed by atoms with Crippen LogP contribution in [-0.2, 0) is 19.4 Å². The Morgan fingerprint density at radius 3 is 2.40 bits per heavy atom. The third-order valence-electron chi connectivity index (χ3n) is 3.19. The molecule has 1 atom stereocenters. The molecule has 1 unspecified atom stereocenters. The molecule has 2 heterocycles. The number of carbonyl (C=O) groups excluding carboxylic acids is 1. The van der Waals surface area contributed by atoms with Crippen LogP contribution in [0.5, 0.6) is 0 Å². The summed E-state index contributed by atoms with van der Waals surface area (Å²) in [6.07, 6.45) is 0. The predicted octanol–water partition coefficient (Wildman–Crippen LogP) is -1.11. The molecule has 1 N–H and O–H groups in total. The average molecular weight is 237 g/mol. The van der Waals surface area contributed by atoms with Crippen molar-refractivity contribution >= 4 is 15.8 Å². The van der Waals surface area contributed by atoms with E-state index in [0.717, 1.165) is 7.11 Å². The molecule has 7 heteroatoms. The first-order chi connectivity index (χ1) is 6.85. The van der Waals surface area contributed by atoms with Crippen LogP contribution >= 0.6 is 0 Å². The Morgan fingerprint density at radius 2 is 2.00 bits per heavy atom. The van der Waals surface area contributed by atoms with E-state index in [1.165, 1.54) is 0 Å². The molecule has 1 spiro atoms. The van der Waals surface area contributed by atoms with Gasteiger partial charge in [-0.15, -0.1) is 0 Å². The molecule has 0 saturated carbocycles. The van der Waals surface area contributed by atoms with Gasteiger partial charge in [-0.25, -0.2) is 17.6 Å². The quantitative estimate of drug-likeness (QED) is 0.585. The summed E-state index contributed by atoms with van der Waals surface area (Å²) < 4.78 is 41.6. The number of carbonyl (C=O) groups is 1. The lowest BCUT2D eigenvalue weighted by molar-refractivity contribution is -0.163. The first kappa shape index (κ1) is 10.8. The van der Waals surface area contributed by atoms with Crippen LogP contribution in [0.4, 0.5) is 4.39 Å². The van der Waals surface area contributed by atoms with E-state index >= 15 is 0 Å². The van der Waals surface area contributed by atoms with Crippen LogP contribution in [0, 0.1) is 5.41 Å². The Balaban J connectivity index is 2.42. The molecule has 86 valence electrons.